The molecule has 0 N–H and O–H groups in total. The Kier molecular flexibility index (Phi) is 1.89. The summed E-state index contributed by atoms with van der Waals surface area (Å²) in [7, 11) is 0. The van der Waals surface area contributed by atoms with Crippen molar-refractivity contribution >= 4 is 25.3 Å². The van der Waals surface area contributed by atoms with Crippen LogP contribution in [0.2, 0.25) is 0 Å². The summed E-state index contributed by atoms with van der Waals surface area (Å²) in [5, 5.41) is 0.350. The van der Waals surface area contributed by atoms with Crippen molar-refractivity contribution in [2.45, 2.75) is 11.4 Å². The lowest BCUT2D eigenvalue weighted by Crippen LogP contribution is -2.08. The van der Waals surface area contributed by atoms with E-state index in [0.717, 1.165) is 12.4 Å². The zero-order chi connectivity index (χ0) is 5.28. The third-order valence-electron chi connectivity index (χ3n) is 0.975. The first-order valence-electron chi connectivity index (χ1n) is 2.25. The molecule has 2 atom stereocenters. The molecule has 0 spiro atoms. The van der Waals surface area contributed by atoms with Crippen molar-refractivity contribution in [1.82, 2.24) is 0 Å². The van der Waals surface area contributed by atoms with Crippen LogP contribution in [0.3, 0.4) is 0 Å². The van der Waals surface area contributed by atoms with Crippen LogP contribution >= 0.6 is 25.3 Å². The molecule has 1 saturated heterocycles. The van der Waals surface area contributed by atoms with Gasteiger partial charge in [0.1, 0.15) is 0 Å². The van der Waals surface area contributed by atoms with E-state index in [1.165, 1.54) is 0 Å². The highest BCUT2D eigenvalue weighted by atomic mass is 32.1. The molecule has 0 aliphatic carbocycles. The Balaban J connectivity index is 2.10. The summed E-state index contributed by atoms with van der Waals surface area (Å²) in [5.41, 5.74) is 0. The number of ether oxygens (including phenoxy) is 1. The van der Waals surface area contributed by atoms with E-state index in [-0.39, 0.29) is 0 Å². The molecule has 3 heteroatoms. The van der Waals surface area contributed by atoms with E-state index < -0.39 is 0 Å². The molecular weight excluding hydrogens is 128 g/mol. The molecule has 1 nitrogen and oxygen atoms in total. The van der Waals surface area contributed by atoms with Crippen molar-refractivity contribution in [2.75, 3.05) is 12.4 Å². The predicted molar refractivity (Wildman–Crippen MR) is 36.4 cm³/mol. The number of epoxide rings is 1. The topological polar surface area (TPSA) is 12.5 Å². The van der Waals surface area contributed by atoms with Crippen LogP contribution in [0.1, 0.15) is 0 Å². The van der Waals surface area contributed by atoms with E-state index >= 15 is 0 Å². The average Bonchev–Trinajstić information content (AvgIpc) is 2.44. The maximum atomic E-state index is 4.94. The lowest BCUT2D eigenvalue weighted by atomic mass is 10.4. The van der Waals surface area contributed by atoms with Gasteiger partial charge >= 0.3 is 0 Å². The Labute approximate surface area is 54.3 Å². The second kappa shape index (κ2) is 2.29. The molecule has 1 aliphatic heterocycles. The third-order valence-corrected chi connectivity index (χ3v) is 2.17. The molecule has 0 amide bonds. The average molecular weight is 136 g/mol. The highest BCUT2D eigenvalue weighted by molar-refractivity contribution is 7.84. The molecule has 0 bridgehead atoms. The molecule has 1 heterocycles. The summed E-state index contributed by atoms with van der Waals surface area (Å²) in [6.45, 7) is 0.884. The second-order valence-electron chi connectivity index (χ2n) is 1.62. The Bertz CT molecular complexity index is 62.7. The van der Waals surface area contributed by atoms with Gasteiger partial charge in [-0.25, -0.2) is 0 Å². The van der Waals surface area contributed by atoms with E-state index in [1.54, 1.807) is 0 Å². The second-order valence-corrected chi connectivity index (χ2v) is 2.65. The van der Waals surface area contributed by atoms with Crippen LogP contribution in [0.25, 0.3) is 0 Å². The zero-order valence-electron chi connectivity index (χ0n) is 3.87. The van der Waals surface area contributed by atoms with E-state index in [0.29, 0.717) is 11.4 Å². The number of hydrogen-bond donors (Lipinski definition) is 2. The smallest absolute Gasteiger partial charge is 0.0933 e. The monoisotopic (exact) mass is 136 g/mol. The van der Waals surface area contributed by atoms with Gasteiger partial charge in [0.15, 0.2) is 0 Å². The summed E-state index contributed by atoms with van der Waals surface area (Å²) in [4.78, 5) is 0. The highest BCUT2D eigenvalue weighted by Crippen LogP contribution is 2.18. The molecule has 0 radical (unpaired) electrons. The fourth-order valence-electron chi connectivity index (χ4n) is 0.395. The molecule has 1 aliphatic rings. The molecule has 0 aromatic heterocycles. The Morgan fingerprint density at radius 2 is 2.43 bits per heavy atom. The number of thiol groups is 2. The van der Waals surface area contributed by atoms with Crippen molar-refractivity contribution in [3.05, 3.63) is 0 Å². The van der Waals surface area contributed by atoms with E-state index in [4.69, 9.17) is 4.74 Å². The van der Waals surface area contributed by atoms with Crippen LogP contribution in [0.4, 0.5) is 0 Å². The maximum absolute atomic E-state index is 4.94. The van der Waals surface area contributed by atoms with Crippen LogP contribution in [0.5, 0.6) is 0 Å². The fraction of sp³-hybridized carbons (Fsp3) is 1.00. The molecule has 0 aromatic carbocycles. The van der Waals surface area contributed by atoms with Crippen molar-refractivity contribution < 1.29 is 4.74 Å². The molecule has 1 fully saturated rings. The summed E-state index contributed by atoms with van der Waals surface area (Å²) in [5.74, 6) is 0.813. The summed E-state index contributed by atoms with van der Waals surface area (Å²) < 4.78 is 4.94. The van der Waals surface area contributed by atoms with E-state index in [2.05, 4.69) is 25.3 Å². The Hall–Kier alpha value is 0.660. The maximum Gasteiger partial charge on any atom is 0.0933 e. The summed E-state index contributed by atoms with van der Waals surface area (Å²) in [6.07, 6.45) is 0.404. The van der Waals surface area contributed by atoms with Gasteiger partial charge in [0.25, 0.3) is 0 Å². The van der Waals surface area contributed by atoms with Crippen LogP contribution in [-0.4, -0.2) is 23.7 Å². The minimum absolute atomic E-state index is 0.350. The molecule has 2 unspecified atom stereocenters. The summed E-state index contributed by atoms with van der Waals surface area (Å²) in [6, 6.07) is 0. The largest absolute Gasteiger partial charge is 0.372 e. The van der Waals surface area contributed by atoms with Gasteiger partial charge in [0.05, 0.1) is 12.7 Å². The van der Waals surface area contributed by atoms with Gasteiger partial charge in [0, 0.05) is 11.0 Å². The summed E-state index contributed by atoms with van der Waals surface area (Å²) >= 11 is 8.22. The Morgan fingerprint density at radius 3 is 2.57 bits per heavy atom. The van der Waals surface area contributed by atoms with Gasteiger partial charge in [-0.3, -0.25) is 0 Å². The normalized spacial score (nSPS) is 32.6. The van der Waals surface area contributed by atoms with Gasteiger partial charge in [0.2, 0.25) is 0 Å². The van der Waals surface area contributed by atoms with Gasteiger partial charge < -0.3 is 4.74 Å². The van der Waals surface area contributed by atoms with Gasteiger partial charge in [-0.2, -0.15) is 25.3 Å². The van der Waals surface area contributed by atoms with Crippen molar-refractivity contribution in [3.8, 4) is 0 Å². The number of hydrogen-bond acceptors (Lipinski definition) is 3. The first-order valence-corrected chi connectivity index (χ1v) is 3.40. The van der Waals surface area contributed by atoms with Crippen LogP contribution < -0.4 is 0 Å². The molecular formula is C4H8OS2. The van der Waals surface area contributed by atoms with Crippen molar-refractivity contribution in [1.29, 1.82) is 0 Å². The lowest BCUT2D eigenvalue weighted by molar-refractivity contribution is 0.409. The SMILES string of the molecule is SCC(S)C1CO1. The van der Waals surface area contributed by atoms with Crippen molar-refractivity contribution in [3.63, 3.8) is 0 Å². The molecule has 1 rings (SSSR count). The first kappa shape index (κ1) is 5.79. The van der Waals surface area contributed by atoms with Crippen LogP contribution in [0, 0.1) is 0 Å². The highest BCUT2D eigenvalue weighted by Gasteiger charge is 2.28. The van der Waals surface area contributed by atoms with Crippen molar-refractivity contribution in [2.24, 2.45) is 0 Å². The number of rotatable bonds is 2. The third kappa shape index (κ3) is 1.55. The molecule has 42 valence electrons. The van der Waals surface area contributed by atoms with Crippen LogP contribution in [0.15, 0.2) is 0 Å². The Morgan fingerprint density at radius 1 is 1.86 bits per heavy atom. The predicted octanol–water partition coefficient (Wildman–Crippen LogP) is 0.613. The molecule has 0 aromatic rings. The first-order chi connectivity index (χ1) is 3.34. The molecule has 0 saturated carbocycles. The van der Waals surface area contributed by atoms with Gasteiger partial charge in [-0.05, 0) is 0 Å². The quantitative estimate of drug-likeness (QED) is 0.419. The minimum atomic E-state index is 0.350. The van der Waals surface area contributed by atoms with Gasteiger partial charge in [-0.1, -0.05) is 0 Å². The fourth-order valence-corrected chi connectivity index (χ4v) is 0.803. The standard InChI is InChI=1S/C4H8OS2/c6-2-4(7)3-1-5-3/h3-4,6-7H,1-2H2. The van der Waals surface area contributed by atoms with Crippen LogP contribution in [-0.2, 0) is 4.74 Å². The van der Waals surface area contributed by atoms with Gasteiger partial charge in [-0.15, -0.1) is 0 Å². The van der Waals surface area contributed by atoms with E-state index in [1.807, 2.05) is 0 Å². The van der Waals surface area contributed by atoms with E-state index in [9.17, 15) is 0 Å². The molecule has 7 heavy (non-hydrogen) atoms. The minimum Gasteiger partial charge on any atom is -0.372 e. The lowest BCUT2D eigenvalue weighted by Gasteiger charge is -1.97. The zero-order valence-corrected chi connectivity index (χ0v) is 5.66.